The number of nitrogens with one attached hydrogen (secondary N) is 1. The van der Waals surface area contributed by atoms with Gasteiger partial charge in [-0.25, -0.2) is 0 Å². The fraction of sp³-hybridized carbons (Fsp3) is 0.636. The van der Waals surface area contributed by atoms with Crippen molar-refractivity contribution in [3.05, 3.63) is 0 Å². The number of carbonyl (C=O) groups is 2. The van der Waals surface area contributed by atoms with Crippen LogP contribution in [0.2, 0.25) is 0 Å². The SMILES string of the molecule is C#CCC(N)C(=O)NC(C)(C)CCC(=O)O. The summed E-state index contributed by atoms with van der Waals surface area (Å²) in [6, 6.07) is -0.742. The van der Waals surface area contributed by atoms with Gasteiger partial charge < -0.3 is 16.2 Å². The van der Waals surface area contributed by atoms with E-state index in [1.54, 1.807) is 13.8 Å². The Morgan fingerprint density at radius 1 is 1.56 bits per heavy atom. The Morgan fingerprint density at radius 3 is 2.56 bits per heavy atom. The molecule has 0 bridgehead atoms. The molecule has 0 aliphatic rings. The molecule has 0 saturated carbocycles. The highest BCUT2D eigenvalue weighted by molar-refractivity contribution is 5.82. The fourth-order valence-corrected chi connectivity index (χ4v) is 1.13. The molecule has 4 N–H and O–H groups in total. The lowest BCUT2D eigenvalue weighted by molar-refractivity contribution is -0.137. The topological polar surface area (TPSA) is 92.4 Å². The first-order valence-corrected chi connectivity index (χ1v) is 5.01. The normalized spacial score (nSPS) is 12.6. The van der Waals surface area contributed by atoms with Gasteiger partial charge in [0, 0.05) is 18.4 Å². The van der Waals surface area contributed by atoms with E-state index in [4.69, 9.17) is 17.3 Å². The van der Waals surface area contributed by atoms with Crippen LogP contribution in [0.5, 0.6) is 0 Å². The summed E-state index contributed by atoms with van der Waals surface area (Å²) in [6.07, 6.45) is 5.55. The third kappa shape index (κ3) is 6.04. The second-order valence-corrected chi connectivity index (χ2v) is 4.28. The number of carboxylic acid groups (broad SMARTS) is 1. The predicted octanol–water partition coefficient (Wildman–Crippen LogP) is 0.0966. The van der Waals surface area contributed by atoms with Crippen molar-refractivity contribution in [2.75, 3.05) is 0 Å². The first kappa shape index (κ1) is 14.5. The van der Waals surface area contributed by atoms with Crippen molar-refractivity contribution in [3.63, 3.8) is 0 Å². The van der Waals surface area contributed by atoms with Gasteiger partial charge in [0.05, 0.1) is 6.04 Å². The monoisotopic (exact) mass is 226 g/mol. The van der Waals surface area contributed by atoms with Crippen molar-refractivity contribution in [2.45, 2.75) is 44.7 Å². The molecule has 0 aliphatic carbocycles. The maximum absolute atomic E-state index is 11.5. The summed E-state index contributed by atoms with van der Waals surface area (Å²) < 4.78 is 0. The van der Waals surface area contributed by atoms with Gasteiger partial charge in [0.15, 0.2) is 0 Å². The zero-order valence-corrected chi connectivity index (χ0v) is 9.62. The predicted molar refractivity (Wildman–Crippen MR) is 60.5 cm³/mol. The highest BCUT2D eigenvalue weighted by Gasteiger charge is 2.24. The minimum atomic E-state index is -0.893. The first-order chi connectivity index (χ1) is 7.28. The molecule has 5 nitrogen and oxygen atoms in total. The van der Waals surface area contributed by atoms with Crippen LogP contribution >= 0.6 is 0 Å². The molecule has 5 heteroatoms. The number of amides is 1. The standard InChI is InChI=1S/C11H18N2O3/c1-4-5-8(12)10(16)13-11(2,3)7-6-9(14)15/h1,8H,5-7,12H2,2-3H3,(H,13,16)(H,14,15). The molecular formula is C11H18N2O3. The van der Waals surface area contributed by atoms with E-state index in [0.717, 1.165) is 0 Å². The van der Waals surface area contributed by atoms with Crippen LogP contribution in [0.4, 0.5) is 0 Å². The molecule has 0 spiro atoms. The van der Waals surface area contributed by atoms with Crippen LogP contribution in [0.1, 0.15) is 33.1 Å². The molecule has 0 rings (SSSR count). The molecule has 0 aromatic rings. The molecule has 90 valence electrons. The number of carboxylic acids is 1. The van der Waals surface area contributed by atoms with Crippen molar-refractivity contribution >= 4 is 11.9 Å². The van der Waals surface area contributed by atoms with Gasteiger partial charge in [-0.05, 0) is 20.3 Å². The van der Waals surface area contributed by atoms with E-state index < -0.39 is 17.6 Å². The number of hydrogen-bond donors (Lipinski definition) is 3. The van der Waals surface area contributed by atoms with Crippen LogP contribution in [-0.2, 0) is 9.59 Å². The number of hydrogen-bond acceptors (Lipinski definition) is 3. The quantitative estimate of drug-likeness (QED) is 0.560. The van der Waals surface area contributed by atoms with Gasteiger partial charge in [-0.1, -0.05) is 0 Å². The molecule has 1 amide bonds. The molecule has 0 aromatic heterocycles. The molecule has 0 fully saturated rings. The maximum Gasteiger partial charge on any atom is 0.303 e. The first-order valence-electron chi connectivity index (χ1n) is 5.01. The lowest BCUT2D eigenvalue weighted by Crippen LogP contribution is -2.50. The summed E-state index contributed by atoms with van der Waals surface area (Å²) in [6.45, 7) is 3.49. The van der Waals surface area contributed by atoms with Gasteiger partial charge in [0.25, 0.3) is 0 Å². The Labute approximate surface area is 95.4 Å². The average molecular weight is 226 g/mol. The van der Waals surface area contributed by atoms with E-state index in [9.17, 15) is 9.59 Å². The van der Waals surface area contributed by atoms with Gasteiger partial charge in [0.1, 0.15) is 0 Å². The Bertz CT molecular complexity index is 305. The molecule has 1 unspecified atom stereocenters. The van der Waals surface area contributed by atoms with Crippen molar-refractivity contribution in [1.82, 2.24) is 5.32 Å². The van der Waals surface area contributed by atoms with E-state index in [1.165, 1.54) is 0 Å². The minimum absolute atomic E-state index is 0.00232. The summed E-state index contributed by atoms with van der Waals surface area (Å²) in [5, 5.41) is 11.2. The second-order valence-electron chi connectivity index (χ2n) is 4.28. The Balaban J connectivity index is 4.20. The molecule has 0 radical (unpaired) electrons. The van der Waals surface area contributed by atoms with Crippen molar-refractivity contribution in [1.29, 1.82) is 0 Å². The molecule has 0 heterocycles. The third-order valence-corrected chi connectivity index (χ3v) is 2.10. The average Bonchev–Trinajstić information content (AvgIpc) is 2.14. The zero-order valence-electron chi connectivity index (χ0n) is 9.62. The lowest BCUT2D eigenvalue weighted by atomic mass is 9.97. The number of carbonyl (C=O) groups excluding carboxylic acids is 1. The van der Waals surface area contributed by atoms with E-state index >= 15 is 0 Å². The van der Waals surface area contributed by atoms with Gasteiger partial charge >= 0.3 is 5.97 Å². The van der Waals surface area contributed by atoms with Gasteiger partial charge in [-0.2, -0.15) is 0 Å². The van der Waals surface area contributed by atoms with Crippen LogP contribution in [0, 0.1) is 12.3 Å². The van der Waals surface area contributed by atoms with Crippen LogP contribution in [0.15, 0.2) is 0 Å². The molecular weight excluding hydrogens is 208 g/mol. The number of terminal acetylenes is 1. The Morgan fingerprint density at radius 2 is 2.12 bits per heavy atom. The smallest absolute Gasteiger partial charge is 0.303 e. The molecule has 0 aromatic carbocycles. The van der Waals surface area contributed by atoms with Crippen LogP contribution in [0.3, 0.4) is 0 Å². The molecule has 0 aliphatic heterocycles. The van der Waals surface area contributed by atoms with Gasteiger partial charge in [-0.3, -0.25) is 9.59 Å². The fourth-order valence-electron chi connectivity index (χ4n) is 1.13. The van der Waals surface area contributed by atoms with Crippen LogP contribution in [-0.4, -0.2) is 28.6 Å². The zero-order chi connectivity index (χ0) is 12.8. The molecule has 0 saturated heterocycles. The van der Waals surface area contributed by atoms with Crippen LogP contribution in [0.25, 0.3) is 0 Å². The van der Waals surface area contributed by atoms with Gasteiger partial charge in [0.2, 0.25) is 5.91 Å². The van der Waals surface area contributed by atoms with Crippen molar-refractivity contribution in [3.8, 4) is 12.3 Å². The van der Waals surface area contributed by atoms with Gasteiger partial charge in [-0.15, -0.1) is 12.3 Å². The largest absolute Gasteiger partial charge is 0.481 e. The summed E-state index contributed by atoms with van der Waals surface area (Å²) in [4.78, 5) is 21.9. The lowest BCUT2D eigenvalue weighted by Gasteiger charge is -2.27. The summed E-state index contributed by atoms with van der Waals surface area (Å²) >= 11 is 0. The van der Waals surface area contributed by atoms with Crippen molar-refractivity contribution < 1.29 is 14.7 Å². The summed E-state index contributed by atoms with van der Waals surface area (Å²) in [7, 11) is 0. The molecule has 16 heavy (non-hydrogen) atoms. The second kappa shape index (κ2) is 6.13. The third-order valence-electron chi connectivity index (χ3n) is 2.10. The van der Waals surface area contributed by atoms with E-state index in [2.05, 4.69) is 11.2 Å². The molecule has 1 atom stereocenters. The Hall–Kier alpha value is -1.54. The summed E-state index contributed by atoms with van der Waals surface area (Å²) in [5.41, 5.74) is 4.92. The van der Waals surface area contributed by atoms with Crippen molar-refractivity contribution in [2.24, 2.45) is 5.73 Å². The Kier molecular flexibility index (Phi) is 5.54. The highest BCUT2D eigenvalue weighted by atomic mass is 16.4. The minimum Gasteiger partial charge on any atom is -0.481 e. The van der Waals surface area contributed by atoms with E-state index in [1.807, 2.05) is 0 Å². The number of nitrogens with two attached hydrogens (primary N) is 1. The van der Waals surface area contributed by atoms with E-state index in [-0.39, 0.29) is 18.7 Å². The maximum atomic E-state index is 11.5. The van der Waals surface area contributed by atoms with Crippen LogP contribution < -0.4 is 11.1 Å². The highest BCUT2D eigenvalue weighted by Crippen LogP contribution is 2.11. The summed E-state index contributed by atoms with van der Waals surface area (Å²) in [5.74, 6) is 1.06. The number of aliphatic carboxylic acids is 1. The van der Waals surface area contributed by atoms with E-state index in [0.29, 0.717) is 6.42 Å². The number of rotatable bonds is 6.